The fourth-order valence-electron chi connectivity index (χ4n) is 6.31. The highest BCUT2D eigenvalue weighted by Crippen LogP contribution is 2.59. The zero-order chi connectivity index (χ0) is 23.0. The molecule has 0 N–H and O–H groups in total. The summed E-state index contributed by atoms with van der Waals surface area (Å²) in [6, 6.07) is 0. The average molecular weight is 443 g/mol. The first-order valence-electron chi connectivity index (χ1n) is 12.6. The Morgan fingerprint density at radius 3 is 2.52 bits per heavy atom. The number of aldehydes is 1. The van der Waals surface area contributed by atoms with Gasteiger partial charge < -0.3 is 9.22 Å². The summed E-state index contributed by atoms with van der Waals surface area (Å²) in [5.74, 6) is 1.36. The lowest BCUT2D eigenvalue weighted by Gasteiger charge is -2.43. The van der Waals surface area contributed by atoms with Crippen molar-refractivity contribution in [2.75, 3.05) is 0 Å². The van der Waals surface area contributed by atoms with Crippen LogP contribution in [0.3, 0.4) is 0 Å². The summed E-state index contributed by atoms with van der Waals surface area (Å²) >= 11 is 0. The minimum absolute atomic E-state index is 0.180. The molecule has 0 spiro atoms. The van der Waals surface area contributed by atoms with Gasteiger partial charge in [-0.15, -0.1) is 0 Å². The molecule has 0 amide bonds. The molecule has 3 fully saturated rings. The Labute approximate surface area is 192 Å². The van der Waals surface area contributed by atoms with Crippen molar-refractivity contribution in [1.29, 1.82) is 0 Å². The minimum Gasteiger partial charge on any atom is -0.414 e. The summed E-state index contributed by atoms with van der Waals surface area (Å²) in [6.07, 6.45) is 15.7. The molecule has 31 heavy (non-hydrogen) atoms. The Bertz CT molecular complexity index is 753. The molecule has 0 unspecified atom stereocenters. The van der Waals surface area contributed by atoms with Crippen LogP contribution in [-0.4, -0.2) is 20.7 Å². The van der Waals surface area contributed by atoms with Gasteiger partial charge in [-0.3, -0.25) is 0 Å². The lowest BCUT2D eigenvalue weighted by Crippen LogP contribution is -2.44. The van der Waals surface area contributed by atoms with Crippen LogP contribution >= 0.6 is 0 Å². The molecule has 3 heteroatoms. The van der Waals surface area contributed by atoms with Gasteiger partial charge in [0.05, 0.1) is 0 Å². The van der Waals surface area contributed by atoms with E-state index in [9.17, 15) is 4.79 Å². The van der Waals surface area contributed by atoms with Gasteiger partial charge in [0.1, 0.15) is 6.29 Å². The maximum Gasteiger partial charge on any atom is 0.192 e. The van der Waals surface area contributed by atoms with Crippen molar-refractivity contribution >= 4 is 14.6 Å². The highest BCUT2D eigenvalue weighted by molar-refractivity contribution is 6.74. The predicted molar refractivity (Wildman–Crippen MR) is 135 cm³/mol. The normalized spacial score (nSPS) is 36.0. The molecule has 0 bridgehead atoms. The van der Waals surface area contributed by atoms with Crippen LogP contribution in [0.1, 0.15) is 86.0 Å². The molecule has 3 saturated carbocycles. The average Bonchev–Trinajstić information content (AvgIpc) is 3.04. The van der Waals surface area contributed by atoms with Crippen LogP contribution in [0.4, 0.5) is 0 Å². The second-order valence-electron chi connectivity index (χ2n) is 12.4. The van der Waals surface area contributed by atoms with E-state index in [1.807, 2.05) is 0 Å². The van der Waals surface area contributed by atoms with Gasteiger partial charge in [0.2, 0.25) is 0 Å². The smallest absolute Gasteiger partial charge is 0.192 e. The van der Waals surface area contributed by atoms with Gasteiger partial charge in [-0.05, 0) is 92.3 Å². The van der Waals surface area contributed by atoms with Crippen molar-refractivity contribution in [3.8, 4) is 0 Å². The topological polar surface area (TPSA) is 26.3 Å². The summed E-state index contributed by atoms with van der Waals surface area (Å²) in [5.41, 5.74) is 4.59. The molecule has 3 rings (SSSR count). The zero-order valence-corrected chi connectivity index (χ0v) is 22.2. The number of allylic oxidation sites excluding steroid dienone is 4. The Balaban J connectivity index is 1.76. The van der Waals surface area contributed by atoms with Crippen molar-refractivity contribution in [3.63, 3.8) is 0 Å². The van der Waals surface area contributed by atoms with E-state index in [-0.39, 0.29) is 11.0 Å². The van der Waals surface area contributed by atoms with E-state index in [4.69, 9.17) is 4.43 Å². The number of hydrogen-bond donors (Lipinski definition) is 0. The van der Waals surface area contributed by atoms with Crippen molar-refractivity contribution in [2.24, 2.45) is 23.2 Å². The van der Waals surface area contributed by atoms with Crippen LogP contribution < -0.4 is 0 Å². The van der Waals surface area contributed by atoms with E-state index < -0.39 is 8.32 Å². The fraction of sp³-hybridized carbons (Fsp3) is 0.750. The van der Waals surface area contributed by atoms with Crippen LogP contribution in [0.15, 0.2) is 35.5 Å². The Morgan fingerprint density at radius 2 is 1.87 bits per heavy atom. The van der Waals surface area contributed by atoms with Gasteiger partial charge in [0.25, 0.3) is 0 Å². The number of rotatable bonds is 5. The summed E-state index contributed by atoms with van der Waals surface area (Å²) in [5, 5.41) is 0.248. The standard InChI is InChI=1S/C28H46O2Si/c1-20-11-14-24(30-31(7,8)27(3,4)5)18-23(20)13-12-22-10-9-17-28(6)25(21(2)19-29)15-16-26(22)28/h12-13,19,21,24-26H,1,9-11,14-18H2,2-8H3/t21-,24+,25-,26+,28-/m1/s1. The first-order chi connectivity index (χ1) is 14.4. The monoisotopic (exact) mass is 442 g/mol. The van der Waals surface area contributed by atoms with Crippen LogP contribution in [0, 0.1) is 23.2 Å². The maximum absolute atomic E-state index is 11.5. The molecular weight excluding hydrogens is 396 g/mol. The lowest BCUT2D eigenvalue weighted by atomic mass is 9.61. The maximum atomic E-state index is 11.5. The third-order valence-electron chi connectivity index (χ3n) is 9.32. The molecule has 0 aromatic carbocycles. The van der Waals surface area contributed by atoms with E-state index in [2.05, 4.69) is 66.4 Å². The van der Waals surface area contributed by atoms with Crippen molar-refractivity contribution in [2.45, 2.75) is 110 Å². The molecule has 0 aliphatic heterocycles. The number of carbonyl (C=O) groups excluding carboxylic acids is 1. The first-order valence-corrected chi connectivity index (χ1v) is 15.5. The summed E-state index contributed by atoms with van der Waals surface area (Å²) in [7, 11) is -1.75. The van der Waals surface area contributed by atoms with Gasteiger partial charge >= 0.3 is 0 Å². The van der Waals surface area contributed by atoms with E-state index in [0.29, 0.717) is 23.4 Å². The summed E-state index contributed by atoms with van der Waals surface area (Å²) in [6.45, 7) is 20.7. The molecule has 0 radical (unpaired) electrons. The van der Waals surface area contributed by atoms with Crippen LogP contribution in [-0.2, 0) is 9.22 Å². The summed E-state index contributed by atoms with van der Waals surface area (Å²) in [4.78, 5) is 11.5. The van der Waals surface area contributed by atoms with Gasteiger partial charge in [0, 0.05) is 12.0 Å². The lowest BCUT2D eigenvalue weighted by molar-refractivity contribution is -0.113. The first kappa shape index (κ1) is 24.7. The second-order valence-corrected chi connectivity index (χ2v) is 17.1. The molecule has 0 saturated heterocycles. The molecule has 0 aromatic heterocycles. The van der Waals surface area contributed by atoms with Crippen molar-refractivity contribution in [3.05, 3.63) is 35.5 Å². The van der Waals surface area contributed by atoms with Crippen LogP contribution in [0.5, 0.6) is 0 Å². The van der Waals surface area contributed by atoms with Crippen LogP contribution in [0.2, 0.25) is 18.1 Å². The largest absolute Gasteiger partial charge is 0.414 e. The molecule has 5 atom stereocenters. The summed E-state index contributed by atoms with van der Waals surface area (Å²) < 4.78 is 6.75. The number of hydrogen-bond acceptors (Lipinski definition) is 2. The molecule has 2 nitrogen and oxygen atoms in total. The van der Waals surface area contributed by atoms with Crippen molar-refractivity contribution in [1.82, 2.24) is 0 Å². The van der Waals surface area contributed by atoms with Crippen molar-refractivity contribution < 1.29 is 9.22 Å². The van der Waals surface area contributed by atoms with Gasteiger partial charge in [-0.25, -0.2) is 0 Å². The van der Waals surface area contributed by atoms with Gasteiger partial charge in [-0.1, -0.05) is 64.5 Å². The van der Waals surface area contributed by atoms with Gasteiger partial charge in [0.15, 0.2) is 8.32 Å². The molecule has 0 aromatic rings. The highest BCUT2D eigenvalue weighted by atomic mass is 28.4. The van der Waals surface area contributed by atoms with Gasteiger partial charge in [-0.2, -0.15) is 0 Å². The molecule has 3 aliphatic rings. The SMILES string of the molecule is C=C1CC[C@H](O[Si](C)(C)C(C)(C)C)CC1=CC=C1CCC[C@]2(C)[C@@H]([C@H](C)C=O)CC[C@@H]12. The molecule has 0 heterocycles. The quantitative estimate of drug-likeness (QED) is 0.318. The third-order valence-corrected chi connectivity index (χ3v) is 13.9. The van der Waals surface area contributed by atoms with E-state index in [1.54, 1.807) is 5.57 Å². The van der Waals surface area contributed by atoms with Crippen LogP contribution in [0.25, 0.3) is 0 Å². The minimum atomic E-state index is -1.75. The number of fused-ring (bicyclic) bond motifs is 1. The fourth-order valence-corrected chi connectivity index (χ4v) is 7.70. The Kier molecular flexibility index (Phi) is 7.28. The van der Waals surface area contributed by atoms with E-state index in [1.165, 1.54) is 49.5 Å². The van der Waals surface area contributed by atoms with E-state index in [0.717, 1.165) is 19.3 Å². The van der Waals surface area contributed by atoms with E-state index >= 15 is 0 Å². The molecular formula is C28H46O2Si. The number of carbonyl (C=O) groups is 1. The molecule has 174 valence electrons. The third kappa shape index (κ3) is 5.03. The predicted octanol–water partition coefficient (Wildman–Crippen LogP) is 8.02. The molecule has 3 aliphatic carbocycles. The second kappa shape index (κ2) is 9.13. The highest BCUT2D eigenvalue weighted by Gasteiger charge is 2.50. The zero-order valence-electron chi connectivity index (χ0n) is 21.2. The Hall–Kier alpha value is -0.933. The Morgan fingerprint density at radius 1 is 1.16 bits per heavy atom.